The summed E-state index contributed by atoms with van der Waals surface area (Å²) in [6.07, 6.45) is 2.41. The number of aryl methyl sites for hydroxylation is 1. The van der Waals surface area contributed by atoms with E-state index in [1.165, 1.54) is 0 Å². The zero-order valence-electron chi connectivity index (χ0n) is 15.4. The number of hydrogen-bond acceptors (Lipinski definition) is 6. The molecule has 2 aromatic heterocycles. The molecule has 2 aromatic rings. The van der Waals surface area contributed by atoms with Crippen LogP contribution in [0.2, 0.25) is 0 Å². The second kappa shape index (κ2) is 7.48. The van der Waals surface area contributed by atoms with Crippen molar-refractivity contribution >= 4 is 11.9 Å². The summed E-state index contributed by atoms with van der Waals surface area (Å²) in [5.74, 6) is 0.631. The van der Waals surface area contributed by atoms with Gasteiger partial charge in [-0.2, -0.15) is 0 Å². The van der Waals surface area contributed by atoms with Gasteiger partial charge < -0.3 is 14.5 Å². The summed E-state index contributed by atoms with van der Waals surface area (Å²) in [5, 5.41) is 0. The lowest BCUT2D eigenvalue weighted by Gasteiger charge is -2.27. The quantitative estimate of drug-likeness (QED) is 0.866. The lowest BCUT2D eigenvalue weighted by molar-refractivity contribution is 0.0790. The number of ether oxygens (including phenoxy) is 1. The first-order chi connectivity index (χ1) is 13.1. The van der Waals surface area contributed by atoms with Crippen molar-refractivity contribution in [2.75, 3.05) is 44.3 Å². The number of aromatic amines is 1. The Hall–Kier alpha value is -2.74. The van der Waals surface area contributed by atoms with Gasteiger partial charge in [0.1, 0.15) is 0 Å². The van der Waals surface area contributed by atoms with Gasteiger partial charge in [-0.1, -0.05) is 0 Å². The van der Waals surface area contributed by atoms with E-state index in [2.05, 4.69) is 15.0 Å². The zero-order valence-corrected chi connectivity index (χ0v) is 15.4. The number of nitrogens with zero attached hydrogens (tertiary/aromatic N) is 4. The number of nitrogens with one attached hydrogen (secondary N) is 1. The first kappa shape index (κ1) is 17.7. The maximum Gasteiger partial charge on any atom is 0.255 e. The van der Waals surface area contributed by atoms with Crippen molar-refractivity contribution in [1.82, 2.24) is 19.9 Å². The van der Waals surface area contributed by atoms with E-state index in [9.17, 15) is 9.59 Å². The van der Waals surface area contributed by atoms with Crippen molar-refractivity contribution in [3.63, 3.8) is 0 Å². The van der Waals surface area contributed by atoms with Crippen LogP contribution in [0.3, 0.4) is 0 Å². The molecule has 0 aliphatic carbocycles. The van der Waals surface area contributed by atoms with Crippen LogP contribution in [0.25, 0.3) is 0 Å². The highest BCUT2D eigenvalue weighted by Crippen LogP contribution is 2.27. The average molecular weight is 369 g/mol. The number of likely N-dealkylation sites (tertiary alicyclic amines) is 1. The van der Waals surface area contributed by atoms with E-state index in [1.54, 1.807) is 18.3 Å². The van der Waals surface area contributed by atoms with E-state index < -0.39 is 0 Å². The molecule has 1 N–H and O–H groups in total. The molecule has 2 fully saturated rings. The topological polar surface area (TPSA) is 91.4 Å². The van der Waals surface area contributed by atoms with Crippen molar-refractivity contribution < 1.29 is 9.53 Å². The fourth-order valence-electron chi connectivity index (χ4n) is 3.56. The highest BCUT2D eigenvalue weighted by Gasteiger charge is 2.30. The molecule has 1 atom stereocenters. The fourth-order valence-corrected chi connectivity index (χ4v) is 3.56. The van der Waals surface area contributed by atoms with Crippen molar-refractivity contribution in [1.29, 1.82) is 0 Å². The molecule has 0 radical (unpaired) electrons. The van der Waals surface area contributed by atoms with Gasteiger partial charge in [-0.25, -0.2) is 4.98 Å². The summed E-state index contributed by atoms with van der Waals surface area (Å²) in [4.78, 5) is 40.4. The monoisotopic (exact) mass is 369 g/mol. The molecule has 2 saturated heterocycles. The molecule has 2 aliphatic heterocycles. The molecule has 8 nitrogen and oxygen atoms in total. The minimum atomic E-state index is -0.158. The summed E-state index contributed by atoms with van der Waals surface area (Å²) in [5.41, 5.74) is 2.06. The Kier molecular flexibility index (Phi) is 4.89. The molecular weight excluding hydrogens is 346 g/mol. The van der Waals surface area contributed by atoms with Gasteiger partial charge in [-0.05, 0) is 25.5 Å². The summed E-state index contributed by atoms with van der Waals surface area (Å²) in [6, 6.07) is 5.20. The number of pyridine rings is 1. The summed E-state index contributed by atoms with van der Waals surface area (Å²) in [7, 11) is 0. The number of amides is 1. The number of aromatic nitrogens is 3. The number of rotatable bonds is 3. The third-order valence-corrected chi connectivity index (χ3v) is 5.11. The third-order valence-electron chi connectivity index (χ3n) is 5.11. The Morgan fingerprint density at radius 2 is 2.07 bits per heavy atom. The first-order valence-corrected chi connectivity index (χ1v) is 9.26. The number of carbonyl (C=O) groups excluding carboxylic acids is 1. The van der Waals surface area contributed by atoms with Gasteiger partial charge in [0.05, 0.1) is 24.5 Å². The van der Waals surface area contributed by atoms with Crippen LogP contribution in [0.15, 0.2) is 29.2 Å². The molecule has 0 unspecified atom stereocenters. The molecular formula is C19H23N5O3. The lowest BCUT2D eigenvalue weighted by Crippen LogP contribution is -2.38. The first-order valence-electron chi connectivity index (χ1n) is 9.26. The van der Waals surface area contributed by atoms with Gasteiger partial charge in [0, 0.05) is 50.1 Å². The van der Waals surface area contributed by atoms with Crippen LogP contribution in [0.1, 0.15) is 34.1 Å². The third kappa shape index (κ3) is 3.85. The molecule has 4 rings (SSSR count). The van der Waals surface area contributed by atoms with Crippen LogP contribution in [0, 0.1) is 6.92 Å². The van der Waals surface area contributed by atoms with Crippen LogP contribution < -0.4 is 10.5 Å². The maximum atomic E-state index is 12.7. The number of hydrogen-bond donors (Lipinski definition) is 1. The minimum absolute atomic E-state index is 0.0248. The van der Waals surface area contributed by atoms with Crippen LogP contribution in [-0.2, 0) is 4.74 Å². The molecule has 0 aromatic carbocycles. The molecule has 27 heavy (non-hydrogen) atoms. The molecule has 8 heteroatoms. The molecule has 0 bridgehead atoms. The van der Waals surface area contributed by atoms with Gasteiger partial charge >= 0.3 is 0 Å². The predicted molar refractivity (Wildman–Crippen MR) is 100 cm³/mol. The van der Waals surface area contributed by atoms with Crippen LogP contribution in [0.4, 0.5) is 5.95 Å². The van der Waals surface area contributed by atoms with Crippen LogP contribution in [-0.4, -0.2) is 65.2 Å². The average Bonchev–Trinajstić information content (AvgIpc) is 3.18. The normalized spacial score (nSPS) is 20.1. The smallest absolute Gasteiger partial charge is 0.255 e. The van der Waals surface area contributed by atoms with E-state index >= 15 is 0 Å². The van der Waals surface area contributed by atoms with Gasteiger partial charge in [0.25, 0.3) is 11.5 Å². The second-order valence-electron chi connectivity index (χ2n) is 7.02. The number of H-pyrrole nitrogens is 1. The Morgan fingerprint density at radius 3 is 2.81 bits per heavy atom. The molecule has 1 amide bonds. The van der Waals surface area contributed by atoms with Crippen LogP contribution in [0.5, 0.6) is 0 Å². The SMILES string of the molecule is Cc1ccc(C(=O)N2CC[C@@H](c3cc(=O)[nH]c(N4CCOCC4)n3)C2)cn1. The standard InChI is InChI=1S/C19H23N5O3/c1-13-2-3-14(11-20-13)18(26)24-5-4-15(12-24)16-10-17(25)22-19(21-16)23-6-8-27-9-7-23/h2-3,10-11,15H,4-9,12H2,1H3,(H,21,22,25)/t15-/m1/s1. The Morgan fingerprint density at radius 1 is 1.26 bits per heavy atom. The van der Waals surface area contributed by atoms with Crippen LogP contribution >= 0.6 is 0 Å². The lowest BCUT2D eigenvalue weighted by atomic mass is 10.0. The predicted octanol–water partition coefficient (Wildman–Crippen LogP) is 0.940. The number of anilines is 1. The Bertz CT molecular complexity index is 874. The molecule has 142 valence electrons. The summed E-state index contributed by atoms with van der Waals surface area (Å²) >= 11 is 0. The zero-order chi connectivity index (χ0) is 18.8. The largest absolute Gasteiger partial charge is 0.378 e. The Labute approximate surface area is 157 Å². The number of carbonyl (C=O) groups is 1. The maximum absolute atomic E-state index is 12.7. The van der Waals surface area contributed by atoms with Crippen molar-refractivity contribution in [3.05, 3.63) is 51.7 Å². The van der Waals surface area contributed by atoms with Crippen molar-refractivity contribution in [2.45, 2.75) is 19.3 Å². The second-order valence-corrected chi connectivity index (χ2v) is 7.02. The summed E-state index contributed by atoms with van der Waals surface area (Å²) < 4.78 is 5.36. The van der Waals surface area contributed by atoms with E-state index in [0.29, 0.717) is 50.9 Å². The summed E-state index contributed by atoms with van der Waals surface area (Å²) in [6.45, 7) is 5.79. The molecule has 4 heterocycles. The highest BCUT2D eigenvalue weighted by molar-refractivity contribution is 5.94. The van der Waals surface area contributed by atoms with Gasteiger partial charge in [-0.15, -0.1) is 0 Å². The van der Waals surface area contributed by atoms with Gasteiger partial charge in [0.15, 0.2) is 0 Å². The van der Waals surface area contributed by atoms with E-state index in [4.69, 9.17) is 4.74 Å². The van der Waals surface area contributed by atoms with Crippen molar-refractivity contribution in [3.8, 4) is 0 Å². The molecule has 0 saturated carbocycles. The highest BCUT2D eigenvalue weighted by atomic mass is 16.5. The van der Waals surface area contributed by atoms with E-state index in [-0.39, 0.29) is 17.4 Å². The van der Waals surface area contributed by atoms with Gasteiger partial charge in [-0.3, -0.25) is 19.6 Å². The van der Waals surface area contributed by atoms with Crippen molar-refractivity contribution in [2.24, 2.45) is 0 Å². The number of morpholine rings is 1. The van der Waals surface area contributed by atoms with Gasteiger partial charge in [0.2, 0.25) is 5.95 Å². The minimum Gasteiger partial charge on any atom is -0.378 e. The van der Waals surface area contributed by atoms with E-state index in [0.717, 1.165) is 17.8 Å². The van der Waals surface area contributed by atoms with E-state index in [1.807, 2.05) is 22.8 Å². The molecule has 2 aliphatic rings. The Balaban J connectivity index is 1.50. The molecule has 0 spiro atoms. The fraction of sp³-hybridized carbons (Fsp3) is 0.474.